The van der Waals surface area contributed by atoms with Crippen LogP contribution in [0.4, 0.5) is 10.1 Å². The van der Waals surface area contributed by atoms with E-state index in [0.29, 0.717) is 5.69 Å². The van der Waals surface area contributed by atoms with Gasteiger partial charge in [0.2, 0.25) is 0 Å². The van der Waals surface area contributed by atoms with Crippen LogP contribution in [0.25, 0.3) is 0 Å². The lowest BCUT2D eigenvalue weighted by molar-refractivity contribution is 0.389. The molecular formula is C9H8FN3O. The minimum Gasteiger partial charge on any atom is -0.468 e. The molecule has 0 unspecified atom stereocenters. The van der Waals surface area contributed by atoms with Gasteiger partial charge in [-0.15, -0.1) is 0 Å². The van der Waals surface area contributed by atoms with Crippen molar-refractivity contribution in [1.82, 2.24) is 5.32 Å². The SMILES string of the molecule is COC(=Nc1ccc(F)cc1)NC#N. The maximum atomic E-state index is 12.5. The van der Waals surface area contributed by atoms with Crippen LogP contribution in [0, 0.1) is 17.3 Å². The molecule has 0 aromatic heterocycles. The Morgan fingerprint density at radius 2 is 2.14 bits per heavy atom. The number of methoxy groups -OCH3 is 1. The highest BCUT2D eigenvalue weighted by Gasteiger charge is 1.96. The van der Waals surface area contributed by atoms with Crippen LogP contribution in [-0.2, 0) is 4.74 Å². The summed E-state index contributed by atoms with van der Waals surface area (Å²) >= 11 is 0. The van der Waals surface area contributed by atoms with Crippen LogP contribution < -0.4 is 5.32 Å². The Hall–Kier alpha value is -2.09. The zero-order chi connectivity index (χ0) is 10.4. The zero-order valence-electron chi connectivity index (χ0n) is 7.49. The number of ether oxygens (including phenoxy) is 1. The molecule has 72 valence electrons. The standard InChI is InChI=1S/C9H8FN3O/c1-14-9(12-6-11)13-8-4-2-7(10)3-5-8/h2-5H,1H3,(H,12,13). The average Bonchev–Trinajstić information content (AvgIpc) is 2.20. The van der Waals surface area contributed by atoms with E-state index in [1.165, 1.54) is 31.4 Å². The zero-order valence-corrected chi connectivity index (χ0v) is 7.49. The molecule has 5 heteroatoms. The lowest BCUT2D eigenvalue weighted by Gasteiger charge is -2.00. The summed E-state index contributed by atoms with van der Waals surface area (Å²) in [5, 5.41) is 10.5. The van der Waals surface area contributed by atoms with Crippen molar-refractivity contribution in [2.45, 2.75) is 0 Å². The number of hydrogen-bond donors (Lipinski definition) is 1. The number of nitrogens with zero attached hydrogens (tertiary/aromatic N) is 2. The van der Waals surface area contributed by atoms with Gasteiger partial charge in [0.05, 0.1) is 12.8 Å². The van der Waals surface area contributed by atoms with Crippen LogP contribution in [0.15, 0.2) is 29.3 Å². The number of hydrogen-bond acceptors (Lipinski definition) is 3. The molecule has 0 aliphatic carbocycles. The lowest BCUT2D eigenvalue weighted by Crippen LogP contribution is -2.18. The van der Waals surface area contributed by atoms with Crippen LogP contribution in [0.2, 0.25) is 0 Å². The summed E-state index contributed by atoms with van der Waals surface area (Å²) in [7, 11) is 1.38. The number of nitriles is 1. The normalized spacial score (nSPS) is 10.5. The summed E-state index contributed by atoms with van der Waals surface area (Å²) in [6, 6.07) is 5.58. The third kappa shape index (κ3) is 2.75. The Morgan fingerprint density at radius 3 is 2.64 bits per heavy atom. The van der Waals surface area contributed by atoms with Crippen molar-refractivity contribution in [3.8, 4) is 6.19 Å². The fourth-order valence-corrected chi connectivity index (χ4v) is 0.805. The highest BCUT2D eigenvalue weighted by Crippen LogP contribution is 2.11. The molecule has 1 aromatic rings. The molecule has 4 nitrogen and oxygen atoms in total. The first kappa shape index (κ1) is 9.99. The number of rotatable bonds is 1. The Bertz CT molecular complexity index is 367. The first-order valence-corrected chi connectivity index (χ1v) is 3.79. The monoisotopic (exact) mass is 193 g/mol. The van der Waals surface area contributed by atoms with Gasteiger partial charge in [-0.3, -0.25) is 0 Å². The van der Waals surface area contributed by atoms with Gasteiger partial charge in [-0.2, -0.15) is 10.3 Å². The Morgan fingerprint density at radius 1 is 1.50 bits per heavy atom. The van der Waals surface area contributed by atoms with E-state index >= 15 is 0 Å². The molecule has 0 aliphatic rings. The molecule has 0 aliphatic heterocycles. The molecule has 0 saturated heterocycles. The van der Waals surface area contributed by atoms with Crippen molar-refractivity contribution < 1.29 is 9.13 Å². The highest BCUT2D eigenvalue weighted by atomic mass is 19.1. The Kier molecular flexibility index (Phi) is 3.44. The fourth-order valence-electron chi connectivity index (χ4n) is 0.805. The summed E-state index contributed by atoms with van der Waals surface area (Å²) in [6.45, 7) is 0. The topological polar surface area (TPSA) is 57.4 Å². The molecule has 0 fully saturated rings. The number of benzene rings is 1. The van der Waals surface area contributed by atoms with Crippen LogP contribution >= 0.6 is 0 Å². The molecular weight excluding hydrogens is 185 g/mol. The molecule has 0 radical (unpaired) electrons. The van der Waals surface area contributed by atoms with E-state index in [-0.39, 0.29) is 11.8 Å². The van der Waals surface area contributed by atoms with Gasteiger partial charge in [0.15, 0.2) is 6.19 Å². The maximum Gasteiger partial charge on any atom is 0.303 e. The second-order valence-corrected chi connectivity index (χ2v) is 2.33. The van der Waals surface area contributed by atoms with Gasteiger partial charge in [-0.25, -0.2) is 9.71 Å². The van der Waals surface area contributed by atoms with Crippen molar-refractivity contribution in [1.29, 1.82) is 5.26 Å². The second-order valence-electron chi connectivity index (χ2n) is 2.33. The number of halogens is 1. The Labute approximate surface area is 80.6 Å². The second kappa shape index (κ2) is 4.82. The van der Waals surface area contributed by atoms with Crippen molar-refractivity contribution in [2.75, 3.05) is 7.11 Å². The summed E-state index contributed by atoms with van der Waals surface area (Å²) in [5.74, 6) is -0.337. The summed E-state index contributed by atoms with van der Waals surface area (Å²) in [6.07, 6.45) is 1.67. The molecule has 0 heterocycles. The predicted molar refractivity (Wildman–Crippen MR) is 49.3 cm³/mol. The molecule has 14 heavy (non-hydrogen) atoms. The van der Waals surface area contributed by atoms with Crippen molar-refractivity contribution in [3.05, 3.63) is 30.1 Å². The smallest absolute Gasteiger partial charge is 0.303 e. The van der Waals surface area contributed by atoms with Crippen LogP contribution in [0.5, 0.6) is 0 Å². The van der Waals surface area contributed by atoms with Gasteiger partial charge in [-0.1, -0.05) is 0 Å². The minimum atomic E-state index is -0.337. The third-order valence-electron chi connectivity index (χ3n) is 1.41. The summed E-state index contributed by atoms with van der Waals surface area (Å²) in [5.41, 5.74) is 0.506. The number of amidine groups is 1. The van der Waals surface area contributed by atoms with E-state index < -0.39 is 0 Å². The first-order valence-electron chi connectivity index (χ1n) is 3.79. The lowest BCUT2D eigenvalue weighted by atomic mass is 10.3. The van der Waals surface area contributed by atoms with E-state index in [1.807, 2.05) is 0 Å². The van der Waals surface area contributed by atoms with Crippen LogP contribution in [-0.4, -0.2) is 13.1 Å². The fraction of sp³-hybridized carbons (Fsp3) is 0.111. The predicted octanol–water partition coefficient (Wildman–Crippen LogP) is 1.53. The van der Waals surface area contributed by atoms with Crippen LogP contribution in [0.3, 0.4) is 0 Å². The summed E-state index contributed by atoms with van der Waals surface area (Å²) in [4.78, 5) is 3.90. The van der Waals surface area contributed by atoms with Crippen molar-refractivity contribution in [2.24, 2.45) is 4.99 Å². The largest absolute Gasteiger partial charge is 0.468 e. The van der Waals surface area contributed by atoms with E-state index in [4.69, 9.17) is 10.00 Å². The van der Waals surface area contributed by atoms with Gasteiger partial charge in [-0.05, 0) is 24.3 Å². The van der Waals surface area contributed by atoms with E-state index in [9.17, 15) is 4.39 Å². The summed E-state index contributed by atoms with van der Waals surface area (Å²) < 4.78 is 17.3. The van der Waals surface area contributed by atoms with E-state index in [2.05, 4.69) is 10.3 Å². The van der Waals surface area contributed by atoms with Gasteiger partial charge in [0.25, 0.3) is 0 Å². The molecule has 0 atom stereocenters. The molecule has 0 bridgehead atoms. The van der Waals surface area contributed by atoms with E-state index in [1.54, 1.807) is 6.19 Å². The van der Waals surface area contributed by atoms with Gasteiger partial charge in [0.1, 0.15) is 5.82 Å². The molecule has 1 rings (SSSR count). The first-order chi connectivity index (χ1) is 6.76. The Balaban J connectivity index is 2.84. The average molecular weight is 193 g/mol. The van der Waals surface area contributed by atoms with Crippen molar-refractivity contribution in [3.63, 3.8) is 0 Å². The number of aliphatic imine (C=N–C) groups is 1. The third-order valence-corrected chi connectivity index (χ3v) is 1.41. The van der Waals surface area contributed by atoms with Crippen LogP contribution in [0.1, 0.15) is 0 Å². The van der Waals surface area contributed by atoms with E-state index in [0.717, 1.165) is 0 Å². The molecule has 1 aromatic carbocycles. The number of nitrogens with one attached hydrogen (secondary N) is 1. The maximum absolute atomic E-state index is 12.5. The molecule has 0 saturated carbocycles. The van der Waals surface area contributed by atoms with Crippen molar-refractivity contribution >= 4 is 11.7 Å². The highest BCUT2D eigenvalue weighted by molar-refractivity contribution is 5.78. The molecule has 0 spiro atoms. The molecule has 1 N–H and O–H groups in total. The van der Waals surface area contributed by atoms with Gasteiger partial charge < -0.3 is 4.74 Å². The van der Waals surface area contributed by atoms with Gasteiger partial charge >= 0.3 is 6.02 Å². The molecule has 0 amide bonds. The minimum absolute atomic E-state index is 0.0686. The van der Waals surface area contributed by atoms with Gasteiger partial charge in [0, 0.05) is 0 Å². The quantitative estimate of drug-likeness (QED) is 0.318.